The molecule has 0 heterocycles. The SMILES string of the molecule is COC1(CNCc2ccccc2C#N)CCC1. The summed E-state index contributed by atoms with van der Waals surface area (Å²) in [5, 5.41) is 12.4. The fraction of sp³-hybridized carbons (Fsp3) is 0.500. The molecule has 0 bridgehead atoms. The van der Waals surface area contributed by atoms with Crippen molar-refractivity contribution in [1.29, 1.82) is 5.26 Å². The summed E-state index contributed by atoms with van der Waals surface area (Å²) in [5.74, 6) is 0. The van der Waals surface area contributed by atoms with Gasteiger partial charge in [-0.15, -0.1) is 0 Å². The Hall–Kier alpha value is -1.37. The van der Waals surface area contributed by atoms with E-state index in [2.05, 4.69) is 11.4 Å². The first-order valence-electron chi connectivity index (χ1n) is 6.03. The molecule has 0 spiro atoms. The van der Waals surface area contributed by atoms with Gasteiger partial charge in [0.1, 0.15) is 0 Å². The normalized spacial score (nSPS) is 17.2. The first-order chi connectivity index (χ1) is 8.29. The Morgan fingerprint density at radius 1 is 1.41 bits per heavy atom. The van der Waals surface area contributed by atoms with Gasteiger partial charge < -0.3 is 10.1 Å². The van der Waals surface area contributed by atoms with Gasteiger partial charge in [-0.1, -0.05) is 18.2 Å². The van der Waals surface area contributed by atoms with Gasteiger partial charge in [0.25, 0.3) is 0 Å². The molecule has 0 aromatic heterocycles. The maximum atomic E-state index is 8.98. The average molecular weight is 230 g/mol. The van der Waals surface area contributed by atoms with E-state index >= 15 is 0 Å². The smallest absolute Gasteiger partial charge is 0.0995 e. The zero-order valence-corrected chi connectivity index (χ0v) is 10.2. The molecule has 1 aliphatic rings. The minimum atomic E-state index is 0.0432. The van der Waals surface area contributed by atoms with Crippen LogP contribution >= 0.6 is 0 Å². The van der Waals surface area contributed by atoms with Crippen molar-refractivity contribution in [2.75, 3.05) is 13.7 Å². The highest BCUT2D eigenvalue weighted by Gasteiger charge is 2.36. The molecule has 1 aromatic rings. The third-order valence-electron chi connectivity index (χ3n) is 3.60. The molecule has 0 unspecified atom stereocenters. The van der Waals surface area contributed by atoms with E-state index in [-0.39, 0.29) is 5.60 Å². The van der Waals surface area contributed by atoms with Crippen molar-refractivity contribution in [2.24, 2.45) is 0 Å². The van der Waals surface area contributed by atoms with Gasteiger partial charge in [-0.25, -0.2) is 0 Å². The van der Waals surface area contributed by atoms with Crippen LogP contribution in [-0.2, 0) is 11.3 Å². The second-order valence-electron chi connectivity index (χ2n) is 4.61. The topological polar surface area (TPSA) is 45.0 Å². The lowest BCUT2D eigenvalue weighted by Gasteiger charge is -2.40. The molecule has 1 fully saturated rings. The lowest BCUT2D eigenvalue weighted by Crippen LogP contribution is -2.47. The molecule has 3 nitrogen and oxygen atoms in total. The lowest BCUT2D eigenvalue weighted by molar-refractivity contribution is -0.0695. The lowest BCUT2D eigenvalue weighted by atomic mass is 9.80. The summed E-state index contributed by atoms with van der Waals surface area (Å²) in [6.07, 6.45) is 3.52. The van der Waals surface area contributed by atoms with Crippen LogP contribution in [0, 0.1) is 11.3 Å². The van der Waals surface area contributed by atoms with E-state index < -0.39 is 0 Å². The Morgan fingerprint density at radius 2 is 2.18 bits per heavy atom. The van der Waals surface area contributed by atoms with E-state index in [4.69, 9.17) is 10.00 Å². The van der Waals surface area contributed by atoms with Gasteiger partial charge in [0.2, 0.25) is 0 Å². The van der Waals surface area contributed by atoms with Crippen LogP contribution < -0.4 is 5.32 Å². The van der Waals surface area contributed by atoms with Crippen LogP contribution in [0.15, 0.2) is 24.3 Å². The monoisotopic (exact) mass is 230 g/mol. The molecular formula is C14H18N2O. The largest absolute Gasteiger partial charge is 0.377 e. The van der Waals surface area contributed by atoms with Crippen molar-refractivity contribution in [2.45, 2.75) is 31.4 Å². The highest BCUT2D eigenvalue weighted by Crippen LogP contribution is 2.34. The van der Waals surface area contributed by atoms with Crippen LogP contribution in [0.2, 0.25) is 0 Å². The van der Waals surface area contributed by atoms with Gasteiger partial charge in [0.15, 0.2) is 0 Å². The second-order valence-corrected chi connectivity index (χ2v) is 4.61. The number of nitriles is 1. The summed E-state index contributed by atoms with van der Waals surface area (Å²) in [4.78, 5) is 0. The molecule has 90 valence electrons. The molecule has 0 amide bonds. The molecule has 17 heavy (non-hydrogen) atoms. The van der Waals surface area contributed by atoms with Crippen LogP contribution in [0.3, 0.4) is 0 Å². The maximum Gasteiger partial charge on any atom is 0.0995 e. The van der Waals surface area contributed by atoms with E-state index in [0.717, 1.165) is 37.1 Å². The van der Waals surface area contributed by atoms with Gasteiger partial charge in [-0.3, -0.25) is 0 Å². The molecule has 3 heteroatoms. The third kappa shape index (κ3) is 2.66. The zero-order valence-electron chi connectivity index (χ0n) is 10.2. The van der Waals surface area contributed by atoms with Gasteiger partial charge in [0.05, 0.1) is 17.2 Å². The number of hydrogen-bond donors (Lipinski definition) is 1. The van der Waals surface area contributed by atoms with E-state index in [1.54, 1.807) is 7.11 Å². The molecule has 1 saturated carbocycles. The molecule has 1 aliphatic carbocycles. The van der Waals surface area contributed by atoms with Crippen LogP contribution in [0.25, 0.3) is 0 Å². The van der Waals surface area contributed by atoms with E-state index in [1.165, 1.54) is 6.42 Å². The number of nitrogens with one attached hydrogen (secondary N) is 1. The number of methoxy groups -OCH3 is 1. The van der Waals surface area contributed by atoms with Crippen molar-refractivity contribution in [3.05, 3.63) is 35.4 Å². The van der Waals surface area contributed by atoms with Crippen molar-refractivity contribution in [3.8, 4) is 6.07 Å². The van der Waals surface area contributed by atoms with E-state index in [0.29, 0.717) is 0 Å². The number of ether oxygens (including phenoxy) is 1. The summed E-state index contributed by atoms with van der Waals surface area (Å²) in [5.41, 5.74) is 1.85. The van der Waals surface area contributed by atoms with Crippen LogP contribution in [0.5, 0.6) is 0 Å². The minimum absolute atomic E-state index is 0.0432. The molecule has 1 aromatic carbocycles. The standard InChI is InChI=1S/C14H18N2O/c1-17-14(7-4-8-14)11-16-10-13-6-3-2-5-12(13)9-15/h2-3,5-6,16H,4,7-8,10-11H2,1H3. The van der Waals surface area contributed by atoms with Crippen LogP contribution in [0.1, 0.15) is 30.4 Å². The summed E-state index contributed by atoms with van der Waals surface area (Å²) in [7, 11) is 1.78. The maximum absolute atomic E-state index is 8.98. The van der Waals surface area contributed by atoms with Gasteiger partial charge in [-0.05, 0) is 30.9 Å². The summed E-state index contributed by atoms with van der Waals surface area (Å²) in [6, 6.07) is 9.92. The summed E-state index contributed by atoms with van der Waals surface area (Å²) >= 11 is 0. The van der Waals surface area contributed by atoms with Gasteiger partial charge in [0, 0.05) is 20.2 Å². The van der Waals surface area contributed by atoms with Gasteiger partial charge in [-0.2, -0.15) is 5.26 Å². The number of nitrogens with zero attached hydrogens (tertiary/aromatic N) is 1. The predicted molar refractivity (Wildman–Crippen MR) is 66.5 cm³/mol. The highest BCUT2D eigenvalue weighted by molar-refractivity contribution is 5.37. The minimum Gasteiger partial charge on any atom is -0.377 e. The Labute approximate surface area is 102 Å². The second kappa shape index (κ2) is 5.31. The molecule has 0 radical (unpaired) electrons. The Balaban J connectivity index is 1.88. The molecule has 0 saturated heterocycles. The summed E-state index contributed by atoms with van der Waals surface area (Å²) < 4.78 is 5.54. The molecule has 0 atom stereocenters. The number of rotatable bonds is 5. The Bertz CT molecular complexity index is 413. The Morgan fingerprint density at radius 3 is 2.76 bits per heavy atom. The van der Waals surface area contributed by atoms with Crippen LogP contribution in [0.4, 0.5) is 0 Å². The first-order valence-corrected chi connectivity index (χ1v) is 6.03. The number of benzene rings is 1. The summed E-state index contributed by atoms with van der Waals surface area (Å²) in [6.45, 7) is 1.60. The Kier molecular flexibility index (Phi) is 3.78. The fourth-order valence-electron chi connectivity index (χ4n) is 2.23. The fourth-order valence-corrected chi connectivity index (χ4v) is 2.23. The van der Waals surface area contributed by atoms with Crippen molar-refractivity contribution in [3.63, 3.8) is 0 Å². The van der Waals surface area contributed by atoms with E-state index in [9.17, 15) is 0 Å². The highest BCUT2D eigenvalue weighted by atomic mass is 16.5. The molecular weight excluding hydrogens is 212 g/mol. The number of hydrogen-bond acceptors (Lipinski definition) is 3. The molecule has 1 N–H and O–H groups in total. The average Bonchev–Trinajstić information content (AvgIpc) is 2.33. The quantitative estimate of drug-likeness (QED) is 0.843. The molecule has 2 rings (SSSR count). The van der Waals surface area contributed by atoms with Crippen molar-refractivity contribution < 1.29 is 4.74 Å². The van der Waals surface area contributed by atoms with Gasteiger partial charge >= 0.3 is 0 Å². The van der Waals surface area contributed by atoms with Crippen molar-refractivity contribution in [1.82, 2.24) is 5.32 Å². The first kappa shape index (κ1) is 12.1. The van der Waals surface area contributed by atoms with Crippen molar-refractivity contribution >= 4 is 0 Å². The third-order valence-corrected chi connectivity index (χ3v) is 3.60. The van der Waals surface area contributed by atoms with E-state index in [1.807, 2.05) is 24.3 Å². The van der Waals surface area contributed by atoms with Crippen LogP contribution in [-0.4, -0.2) is 19.3 Å². The molecule has 0 aliphatic heterocycles. The predicted octanol–water partition coefficient (Wildman–Crippen LogP) is 2.22. The zero-order chi connectivity index (χ0) is 12.1.